The Bertz CT molecular complexity index is 396. The number of hydrogen-bond acceptors (Lipinski definition) is 5. The zero-order chi connectivity index (χ0) is 11.5. The molecule has 0 atom stereocenters. The van der Waals surface area contributed by atoms with Crippen LogP contribution in [0.1, 0.15) is 6.92 Å². The first kappa shape index (κ1) is 10.7. The molecule has 6 nitrogen and oxygen atoms in total. The molecule has 1 saturated heterocycles. The SMILES string of the molecule is CCN1CN(c2nccc(OC)n2)CC1=O. The van der Waals surface area contributed by atoms with Gasteiger partial charge in [-0.05, 0) is 6.92 Å². The molecular formula is C10H14N4O2. The Morgan fingerprint density at radius 2 is 2.38 bits per heavy atom. The molecule has 6 heteroatoms. The molecule has 0 aliphatic carbocycles. The number of hydrogen-bond donors (Lipinski definition) is 0. The molecule has 0 aromatic carbocycles. The Morgan fingerprint density at radius 3 is 3.00 bits per heavy atom. The summed E-state index contributed by atoms with van der Waals surface area (Å²) in [5.74, 6) is 1.14. The normalized spacial score (nSPS) is 15.8. The van der Waals surface area contributed by atoms with Crippen LogP contribution < -0.4 is 9.64 Å². The fourth-order valence-electron chi connectivity index (χ4n) is 1.61. The number of methoxy groups -OCH3 is 1. The predicted octanol–water partition coefficient (Wildman–Crippen LogP) is 0.111. The van der Waals surface area contributed by atoms with Gasteiger partial charge in [0.05, 0.1) is 13.8 Å². The van der Waals surface area contributed by atoms with Gasteiger partial charge in [-0.3, -0.25) is 4.79 Å². The number of carbonyl (C=O) groups is 1. The van der Waals surface area contributed by atoms with E-state index in [2.05, 4.69) is 9.97 Å². The van der Waals surface area contributed by atoms with E-state index in [1.165, 1.54) is 0 Å². The molecule has 0 N–H and O–H groups in total. The Kier molecular flexibility index (Phi) is 2.89. The van der Waals surface area contributed by atoms with E-state index in [0.717, 1.165) is 0 Å². The van der Waals surface area contributed by atoms with Crippen LogP contribution in [0.2, 0.25) is 0 Å². The monoisotopic (exact) mass is 222 g/mol. The van der Waals surface area contributed by atoms with Gasteiger partial charge in [0.25, 0.3) is 0 Å². The van der Waals surface area contributed by atoms with Crippen LogP contribution in [0.25, 0.3) is 0 Å². The predicted molar refractivity (Wildman–Crippen MR) is 58.2 cm³/mol. The lowest BCUT2D eigenvalue weighted by Gasteiger charge is -2.16. The number of likely N-dealkylation sites (N-methyl/N-ethyl adjacent to an activating group) is 1. The average Bonchev–Trinajstić information content (AvgIpc) is 2.71. The van der Waals surface area contributed by atoms with Crippen molar-refractivity contribution in [2.45, 2.75) is 6.92 Å². The van der Waals surface area contributed by atoms with Gasteiger partial charge in [0.2, 0.25) is 17.7 Å². The summed E-state index contributed by atoms with van der Waals surface area (Å²) in [5, 5.41) is 0. The van der Waals surface area contributed by atoms with Gasteiger partial charge in [-0.25, -0.2) is 4.98 Å². The first-order valence-corrected chi connectivity index (χ1v) is 5.14. The Morgan fingerprint density at radius 1 is 1.56 bits per heavy atom. The van der Waals surface area contributed by atoms with Crippen LogP contribution in [0.3, 0.4) is 0 Å². The number of carbonyl (C=O) groups excluding carboxylic acids is 1. The second-order valence-electron chi connectivity index (χ2n) is 3.49. The number of amides is 1. The highest BCUT2D eigenvalue weighted by atomic mass is 16.5. The van der Waals surface area contributed by atoms with E-state index >= 15 is 0 Å². The topological polar surface area (TPSA) is 58.6 Å². The van der Waals surface area contributed by atoms with Gasteiger partial charge in [0, 0.05) is 18.8 Å². The molecule has 86 valence electrons. The maximum Gasteiger partial charge on any atom is 0.243 e. The second-order valence-corrected chi connectivity index (χ2v) is 3.49. The molecule has 0 bridgehead atoms. The van der Waals surface area contributed by atoms with Gasteiger partial charge in [-0.2, -0.15) is 4.98 Å². The lowest BCUT2D eigenvalue weighted by molar-refractivity contribution is -0.126. The minimum absolute atomic E-state index is 0.105. The maximum atomic E-state index is 11.5. The maximum absolute atomic E-state index is 11.5. The molecule has 1 aromatic heterocycles. The molecule has 0 saturated carbocycles. The quantitative estimate of drug-likeness (QED) is 0.726. The van der Waals surface area contributed by atoms with Gasteiger partial charge in [-0.1, -0.05) is 0 Å². The Labute approximate surface area is 93.8 Å². The summed E-state index contributed by atoms with van der Waals surface area (Å²) < 4.78 is 5.02. The van der Waals surface area contributed by atoms with Crippen LogP contribution in [-0.2, 0) is 4.79 Å². The molecule has 1 aromatic rings. The third-order valence-corrected chi connectivity index (χ3v) is 2.51. The summed E-state index contributed by atoms with van der Waals surface area (Å²) in [6.07, 6.45) is 1.63. The van der Waals surface area contributed by atoms with Crippen molar-refractivity contribution in [2.24, 2.45) is 0 Å². The van der Waals surface area contributed by atoms with Gasteiger partial charge < -0.3 is 14.5 Å². The fraction of sp³-hybridized carbons (Fsp3) is 0.500. The van der Waals surface area contributed by atoms with Crippen molar-refractivity contribution < 1.29 is 9.53 Å². The third-order valence-electron chi connectivity index (χ3n) is 2.51. The van der Waals surface area contributed by atoms with Crippen molar-refractivity contribution >= 4 is 11.9 Å². The van der Waals surface area contributed by atoms with Crippen LogP contribution in [-0.4, -0.2) is 47.6 Å². The fourth-order valence-corrected chi connectivity index (χ4v) is 1.61. The molecule has 1 fully saturated rings. The minimum Gasteiger partial charge on any atom is -0.481 e. The zero-order valence-electron chi connectivity index (χ0n) is 9.38. The van der Waals surface area contributed by atoms with E-state index < -0.39 is 0 Å². The van der Waals surface area contributed by atoms with E-state index in [0.29, 0.717) is 31.6 Å². The molecular weight excluding hydrogens is 208 g/mol. The van der Waals surface area contributed by atoms with Crippen molar-refractivity contribution in [1.82, 2.24) is 14.9 Å². The summed E-state index contributed by atoms with van der Waals surface area (Å²) in [6.45, 7) is 3.54. The minimum atomic E-state index is 0.105. The lowest BCUT2D eigenvalue weighted by Crippen LogP contribution is -2.27. The summed E-state index contributed by atoms with van der Waals surface area (Å²) in [4.78, 5) is 23.4. The van der Waals surface area contributed by atoms with E-state index in [-0.39, 0.29) is 5.91 Å². The van der Waals surface area contributed by atoms with Gasteiger partial charge in [0.1, 0.15) is 6.54 Å². The summed E-state index contributed by atoms with van der Waals surface area (Å²) >= 11 is 0. The van der Waals surface area contributed by atoms with Crippen molar-refractivity contribution in [3.63, 3.8) is 0 Å². The van der Waals surface area contributed by atoms with Crippen LogP contribution in [0.4, 0.5) is 5.95 Å². The smallest absolute Gasteiger partial charge is 0.243 e. The number of anilines is 1. The van der Waals surface area contributed by atoms with Gasteiger partial charge in [0.15, 0.2) is 0 Å². The van der Waals surface area contributed by atoms with Gasteiger partial charge >= 0.3 is 0 Å². The van der Waals surface area contributed by atoms with Crippen molar-refractivity contribution in [2.75, 3.05) is 31.8 Å². The van der Waals surface area contributed by atoms with Crippen molar-refractivity contribution in [3.05, 3.63) is 12.3 Å². The molecule has 1 aliphatic heterocycles. The molecule has 16 heavy (non-hydrogen) atoms. The molecule has 2 heterocycles. The van der Waals surface area contributed by atoms with Crippen LogP contribution in [0, 0.1) is 0 Å². The first-order valence-electron chi connectivity index (χ1n) is 5.14. The first-order chi connectivity index (χ1) is 7.74. The van der Waals surface area contributed by atoms with E-state index in [9.17, 15) is 4.79 Å². The van der Waals surface area contributed by atoms with E-state index in [1.54, 1.807) is 24.3 Å². The summed E-state index contributed by atoms with van der Waals surface area (Å²) in [6, 6.07) is 1.68. The van der Waals surface area contributed by atoms with E-state index in [1.807, 2.05) is 11.8 Å². The number of nitrogens with zero attached hydrogens (tertiary/aromatic N) is 4. The molecule has 1 amide bonds. The highest BCUT2D eigenvalue weighted by Crippen LogP contribution is 2.16. The highest BCUT2D eigenvalue weighted by Gasteiger charge is 2.27. The largest absolute Gasteiger partial charge is 0.481 e. The Balaban J connectivity index is 2.16. The molecule has 0 spiro atoms. The molecule has 0 radical (unpaired) electrons. The summed E-state index contributed by atoms with van der Waals surface area (Å²) in [7, 11) is 1.56. The number of aromatic nitrogens is 2. The number of ether oxygens (including phenoxy) is 1. The standard InChI is InChI=1S/C10H14N4O2/c1-3-13-7-14(6-9(13)15)10-11-5-4-8(12-10)16-2/h4-5H,3,6-7H2,1-2H3. The summed E-state index contributed by atoms with van der Waals surface area (Å²) in [5.41, 5.74) is 0. The van der Waals surface area contributed by atoms with E-state index in [4.69, 9.17) is 4.74 Å². The van der Waals surface area contributed by atoms with Crippen LogP contribution in [0.15, 0.2) is 12.3 Å². The van der Waals surface area contributed by atoms with Gasteiger partial charge in [-0.15, -0.1) is 0 Å². The molecule has 2 rings (SSSR count). The van der Waals surface area contributed by atoms with Crippen molar-refractivity contribution in [1.29, 1.82) is 0 Å². The van der Waals surface area contributed by atoms with Crippen LogP contribution >= 0.6 is 0 Å². The highest BCUT2D eigenvalue weighted by molar-refractivity contribution is 5.84. The second kappa shape index (κ2) is 4.34. The lowest BCUT2D eigenvalue weighted by atomic mass is 10.5. The average molecular weight is 222 g/mol. The number of rotatable bonds is 3. The molecule has 0 unspecified atom stereocenters. The zero-order valence-corrected chi connectivity index (χ0v) is 9.38. The Hall–Kier alpha value is -1.85. The molecule has 1 aliphatic rings. The van der Waals surface area contributed by atoms with Crippen molar-refractivity contribution in [3.8, 4) is 5.88 Å². The third kappa shape index (κ3) is 1.91. The van der Waals surface area contributed by atoms with Crippen LogP contribution in [0.5, 0.6) is 5.88 Å².